The van der Waals surface area contributed by atoms with Gasteiger partial charge < -0.3 is 15.0 Å². The van der Waals surface area contributed by atoms with Crippen LogP contribution in [0.2, 0.25) is 0 Å². The van der Waals surface area contributed by atoms with Crippen LogP contribution in [0.15, 0.2) is 18.2 Å². The first kappa shape index (κ1) is 14.4. The zero-order valence-electron chi connectivity index (χ0n) is 12.4. The number of nitrogens with one attached hydrogen (secondary N) is 1. The van der Waals surface area contributed by atoms with Gasteiger partial charge in [-0.3, -0.25) is 0 Å². The molecule has 1 saturated heterocycles. The van der Waals surface area contributed by atoms with E-state index in [9.17, 15) is 0 Å². The summed E-state index contributed by atoms with van der Waals surface area (Å²) in [4.78, 5) is 2.41. The molecule has 0 spiro atoms. The second kappa shape index (κ2) is 6.92. The molecule has 1 aliphatic heterocycles. The van der Waals surface area contributed by atoms with E-state index in [4.69, 9.17) is 4.74 Å². The topological polar surface area (TPSA) is 24.5 Å². The Hall–Kier alpha value is -1.06. The van der Waals surface area contributed by atoms with Gasteiger partial charge in [0.1, 0.15) is 5.75 Å². The molecule has 1 aromatic carbocycles. The van der Waals surface area contributed by atoms with Crippen molar-refractivity contribution in [3.05, 3.63) is 29.3 Å². The molecule has 0 aromatic heterocycles. The van der Waals surface area contributed by atoms with Gasteiger partial charge in [0.2, 0.25) is 0 Å². The molecule has 1 heterocycles. The number of hydrogen-bond donors (Lipinski definition) is 1. The van der Waals surface area contributed by atoms with Gasteiger partial charge in [0.05, 0.1) is 7.11 Å². The maximum Gasteiger partial charge on any atom is 0.123 e. The van der Waals surface area contributed by atoms with Crippen molar-refractivity contribution < 1.29 is 4.74 Å². The van der Waals surface area contributed by atoms with Gasteiger partial charge in [0.25, 0.3) is 0 Å². The summed E-state index contributed by atoms with van der Waals surface area (Å²) < 4.78 is 5.45. The first-order chi connectivity index (χ1) is 9.19. The lowest BCUT2D eigenvalue weighted by atomic mass is 9.99. The van der Waals surface area contributed by atoms with Crippen molar-refractivity contribution in [1.82, 2.24) is 10.2 Å². The Morgan fingerprint density at radius 3 is 2.95 bits per heavy atom. The molecule has 1 aliphatic rings. The minimum Gasteiger partial charge on any atom is -0.496 e. The maximum absolute atomic E-state index is 5.45. The minimum atomic E-state index is 0.787. The van der Waals surface area contributed by atoms with Crippen LogP contribution in [-0.2, 0) is 6.54 Å². The zero-order chi connectivity index (χ0) is 13.7. The van der Waals surface area contributed by atoms with E-state index in [1.165, 1.54) is 30.5 Å². The van der Waals surface area contributed by atoms with Gasteiger partial charge in [-0.2, -0.15) is 0 Å². The van der Waals surface area contributed by atoms with Crippen LogP contribution < -0.4 is 10.1 Å². The van der Waals surface area contributed by atoms with Gasteiger partial charge in [0, 0.05) is 18.7 Å². The summed E-state index contributed by atoms with van der Waals surface area (Å²) in [5, 5.41) is 3.48. The largest absolute Gasteiger partial charge is 0.496 e. The summed E-state index contributed by atoms with van der Waals surface area (Å²) >= 11 is 0. The van der Waals surface area contributed by atoms with Crippen molar-refractivity contribution in [3.63, 3.8) is 0 Å². The SMILES string of the molecule is COc1ccc(C)cc1CN(C)CC1CCCNC1. The smallest absolute Gasteiger partial charge is 0.123 e. The van der Waals surface area contributed by atoms with E-state index in [1.54, 1.807) is 7.11 Å². The molecule has 0 aliphatic carbocycles. The summed E-state index contributed by atoms with van der Waals surface area (Å²) in [6.45, 7) is 6.60. The molecule has 106 valence electrons. The molecule has 2 rings (SSSR count). The van der Waals surface area contributed by atoms with Gasteiger partial charge in [0.15, 0.2) is 0 Å². The van der Waals surface area contributed by atoms with E-state index in [0.717, 1.165) is 31.3 Å². The molecule has 19 heavy (non-hydrogen) atoms. The fraction of sp³-hybridized carbons (Fsp3) is 0.625. The Morgan fingerprint density at radius 1 is 1.42 bits per heavy atom. The fourth-order valence-corrected chi connectivity index (χ4v) is 2.91. The second-order valence-corrected chi connectivity index (χ2v) is 5.72. The summed E-state index contributed by atoms with van der Waals surface area (Å²) in [6.07, 6.45) is 2.66. The first-order valence-corrected chi connectivity index (χ1v) is 7.22. The molecule has 0 bridgehead atoms. The second-order valence-electron chi connectivity index (χ2n) is 5.72. The van der Waals surface area contributed by atoms with E-state index >= 15 is 0 Å². The third-order valence-electron chi connectivity index (χ3n) is 3.84. The van der Waals surface area contributed by atoms with Crippen molar-refractivity contribution in [1.29, 1.82) is 0 Å². The van der Waals surface area contributed by atoms with E-state index < -0.39 is 0 Å². The van der Waals surface area contributed by atoms with Crippen molar-refractivity contribution >= 4 is 0 Å². The van der Waals surface area contributed by atoms with Gasteiger partial charge in [-0.05, 0) is 51.9 Å². The molecule has 0 radical (unpaired) electrons. The molecular weight excluding hydrogens is 236 g/mol. The van der Waals surface area contributed by atoms with Gasteiger partial charge >= 0.3 is 0 Å². The highest BCUT2D eigenvalue weighted by molar-refractivity contribution is 5.36. The minimum absolute atomic E-state index is 0.787. The van der Waals surface area contributed by atoms with Gasteiger partial charge in [-0.1, -0.05) is 17.7 Å². The van der Waals surface area contributed by atoms with Crippen molar-refractivity contribution in [2.75, 3.05) is 33.8 Å². The highest BCUT2D eigenvalue weighted by Crippen LogP contribution is 2.22. The Bertz CT molecular complexity index is 400. The van der Waals surface area contributed by atoms with Crippen LogP contribution in [0.25, 0.3) is 0 Å². The van der Waals surface area contributed by atoms with Crippen molar-refractivity contribution in [3.8, 4) is 5.75 Å². The number of ether oxygens (including phenoxy) is 1. The molecular formula is C16H26N2O. The van der Waals surface area contributed by atoms with E-state index in [-0.39, 0.29) is 0 Å². The van der Waals surface area contributed by atoms with Crippen LogP contribution in [-0.4, -0.2) is 38.7 Å². The summed E-state index contributed by atoms with van der Waals surface area (Å²) in [5.74, 6) is 1.79. The lowest BCUT2D eigenvalue weighted by Gasteiger charge is -2.28. The number of aryl methyl sites for hydroxylation is 1. The number of nitrogens with zero attached hydrogens (tertiary/aromatic N) is 1. The predicted octanol–water partition coefficient (Wildman–Crippen LogP) is 2.44. The highest BCUT2D eigenvalue weighted by Gasteiger charge is 2.16. The Labute approximate surface area is 116 Å². The van der Waals surface area contributed by atoms with E-state index in [2.05, 4.69) is 42.4 Å². The molecule has 3 nitrogen and oxygen atoms in total. The molecule has 1 unspecified atom stereocenters. The van der Waals surface area contributed by atoms with Crippen LogP contribution in [0.4, 0.5) is 0 Å². The quantitative estimate of drug-likeness (QED) is 0.882. The first-order valence-electron chi connectivity index (χ1n) is 7.22. The normalized spacial score (nSPS) is 19.7. The Morgan fingerprint density at radius 2 is 2.26 bits per heavy atom. The van der Waals surface area contributed by atoms with Crippen LogP contribution in [0, 0.1) is 12.8 Å². The monoisotopic (exact) mass is 262 g/mol. The molecule has 1 aromatic rings. The number of rotatable bonds is 5. The van der Waals surface area contributed by atoms with E-state index in [0.29, 0.717) is 0 Å². The van der Waals surface area contributed by atoms with Crippen LogP contribution >= 0.6 is 0 Å². The van der Waals surface area contributed by atoms with Crippen LogP contribution in [0.3, 0.4) is 0 Å². The zero-order valence-corrected chi connectivity index (χ0v) is 12.4. The van der Waals surface area contributed by atoms with Crippen LogP contribution in [0.1, 0.15) is 24.0 Å². The number of benzene rings is 1. The highest BCUT2D eigenvalue weighted by atomic mass is 16.5. The third kappa shape index (κ3) is 4.22. The third-order valence-corrected chi connectivity index (χ3v) is 3.84. The molecule has 0 amide bonds. The van der Waals surface area contributed by atoms with Gasteiger partial charge in [-0.15, -0.1) is 0 Å². The maximum atomic E-state index is 5.45. The van der Waals surface area contributed by atoms with Crippen molar-refractivity contribution in [2.45, 2.75) is 26.3 Å². The summed E-state index contributed by atoms with van der Waals surface area (Å²) in [6, 6.07) is 6.41. The summed E-state index contributed by atoms with van der Waals surface area (Å²) in [5.41, 5.74) is 2.58. The number of piperidine rings is 1. The Balaban J connectivity index is 1.93. The van der Waals surface area contributed by atoms with Gasteiger partial charge in [-0.25, -0.2) is 0 Å². The lowest BCUT2D eigenvalue weighted by molar-refractivity contribution is 0.235. The molecule has 3 heteroatoms. The van der Waals surface area contributed by atoms with E-state index in [1.807, 2.05) is 0 Å². The summed E-state index contributed by atoms with van der Waals surface area (Å²) in [7, 11) is 3.95. The molecule has 0 saturated carbocycles. The number of hydrogen-bond acceptors (Lipinski definition) is 3. The fourth-order valence-electron chi connectivity index (χ4n) is 2.91. The average molecular weight is 262 g/mol. The molecule has 1 N–H and O–H groups in total. The lowest BCUT2D eigenvalue weighted by Crippen LogP contribution is -2.36. The predicted molar refractivity (Wildman–Crippen MR) is 79.7 cm³/mol. The van der Waals surface area contributed by atoms with Crippen molar-refractivity contribution in [2.24, 2.45) is 5.92 Å². The Kier molecular flexibility index (Phi) is 5.23. The average Bonchev–Trinajstić information content (AvgIpc) is 2.40. The standard InChI is InChI=1S/C16H26N2O/c1-13-6-7-16(19-3)15(9-13)12-18(2)11-14-5-4-8-17-10-14/h6-7,9,14,17H,4-5,8,10-12H2,1-3H3. The molecule has 1 fully saturated rings. The molecule has 1 atom stereocenters. The number of methoxy groups -OCH3 is 1. The van der Waals surface area contributed by atoms with Crippen LogP contribution in [0.5, 0.6) is 5.75 Å².